The lowest BCUT2D eigenvalue weighted by atomic mass is 10.2. The standard InChI is InChI=1S/C11H21NO3/c1-6-12(7-11(5)8-14-11)9(13)15-10(2,3)4/h6-8H2,1-5H3. The molecule has 0 aromatic carbocycles. The van der Waals surface area contributed by atoms with E-state index in [0.717, 1.165) is 6.61 Å². The Hall–Kier alpha value is -0.770. The molecule has 0 spiro atoms. The monoisotopic (exact) mass is 215 g/mol. The summed E-state index contributed by atoms with van der Waals surface area (Å²) in [6.45, 7) is 11.5. The van der Waals surface area contributed by atoms with Crippen LogP contribution in [0.1, 0.15) is 34.6 Å². The summed E-state index contributed by atoms with van der Waals surface area (Å²) in [7, 11) is 0. The Bertz CT molecular complexity index is 241. The number of nitrogens with zero attached hydrogens (tertiary/aromatic N) is 1. The van der Waals surface area contributed by atoms with Crippen molar-refractivity contribution in [1.29, 1.82) is 0 Å². The van der Waals surface area contributed by atoms with E-state index in [-0.39, 0.29) is 11.7 Å². The summed E-state index contributed by atoms with van der Waals surface area (Å²) in [6.07, 6.45) is -0.262. The van der Waals surface area contributed by atoms with Crippen LogP contribution in [0.15, 0.2) is 0 Å². The quantitative estimate of drug-likeness (QED) is 0.676. The van der Waals surface area contributed by atoms with Crippen LogP contribution in [-0.4, -0.2) is 41.9 Å². The van der Waals surface area contributed by atoms with Crippen LogP contribution in [0.2, 0.25) is 0 Å². The van der Waals surface area contributed by atoms with Crippen molar-refractivity contribution in [1.82, 2.24) is 4.90 Å². The van der Waals surface area contributed by atoms with Gasteiger partial charge in [-0.1, -0.05) is 0 Å². The average molecular weight is 215 g/mol. The largest absolute Gasteiger partial charge is 0.444 e. The summed E-state index contributed by atoms with van der Waals surface area (Å²) < 4.78 is 10.6. The van der Waals surface area contributed by atoms with Gasteiger partial charge in [0.15, 0.2) is 0 Å². The van der Waals surface area contributed by atoms with E-state index >= 15 is 0 Å². The van der Waals surface area contributed by atoms with Crippen molar-refractivity contribution in [2.24, 2.45) is 0 Å². The topological polar surface area (TPSA) is 42.1 Å². The van der Waals surface area contributed by atoms with Gasteiger partial charge in [0.1, 0.15) is 11.2 Å². The third kappa shape index (κ3) is 4.08. The number of amides is 1. The van der Waals surface area contributed by atoms with Crippen molar-refractivity contribution in [3.05, 3.63) is 0 Å². The van der Waals surface area contributed by atoms with Crippen molar-refractivity contribution in [3.63, 3.8) is 0 Å². The normalized spacial score (nSPS) is 24.9. The SMILES string of the molecule is CCN(CC1(C)CO1)C(=O)OC(C)(C)C. The Morgan fingerprint density at radius 1 is 1.53 bits per heavy atom. The lowest BCUT2D eigenvalue weighted by Gasteiger charge is -2.27. The minimum absolute atomic E-state index is 0.146. The lowest BCUT2D eigenvalue weighted by molar-refractivity contribution is 0.0219. The van der Waals surface area contributed by atoms with E-state index in [1.807, 2.05) is 34.6 Å². The second-order valence-electron chi connectivity index (χ2n) is 5.23. The van der Waals surface area contributed by atoms with E-state index in [2.05, 4.69) is 0 Å². The third-order valence-electron chi connectivity index (χ3n) is 2.20. The van der Waals surface area contributed by atoms with E-state index in [1.54, 1.807) is 4.90 Å². The number of ether oxygens (including phenoxy) is 2. The molecule has 1 aliphatic heterocycles. The highest BCUT2D eigenvalue weighted by Gasteiger charge is 2.42. The van der Waals surface area contributed by atoms with Gasteiger partial charge < -0.3 is 14.4 Å². The summed E-state index contributed by atoms with van der Waals surface area (Å²) in [5.41, 5.74) is -0.581. The smallest absolute Gasteiger partial charge is 0.410 e. The van der Waals surface area contributed by atoms with Crippen LogP contribution < -0.4 is 0 Å². The van der Waals surface area contributed by atoms with Crippen molar-refractivity contribution >= 4 is 6.09 Å². The molecule has 15 heavy (non-hydrogen) atoms. The second-order valence-corrected chi connectivity index (χ2v) is 5.23. The summed E-state index contributed by atoms with van der Waals surface area (Å²) >= 11 is 0. The molecule has 1 rings (SSSR count). The van der Waals surface area contributed by atoms with Gasteiger partial charge in [0.25, 0.3) is 0 Å². The summed E-state index contributed by atoms with van der Waals surface area (Å²) in [6, 6.07) is 0. The maximum atomic E-state index is 11.7. The highest BCUT2D eigenvalue weighted by Crippen LogP contribution is 2.27. The predicted octanol–water partition coefficient (Wildman–Crippen LogP) is 2.03. The molecule has 1 amide bonds. The van der Waals surface area contributed by atoms with Gasteiger partial charge in [-0.3, -0.25) is 0 Å². The summed E-state index contributed by atoms with van der Waals surface area (Å²) in [4.78, 5) is 13.4. The molecule has 1 atom stereocenters. The molecule has 4 heteroatoms. The molecule has 4 nitrogen and oxygen atoms in total. The van der Waals surface area contributed by atoms with Crippen molar-refractivity contribution in [3.8, 4) is 0 Å². The fourth-order valence-electron chi connectivity index (χ4n) is 1.25. The molecule has 0 bridgehead atoms. The first kappa shape index (κ1) is 12.3. The van der Waals surface area contributed by atoms with Crippen molar-refractivity contribution in [2.75, 3.05) is 19.7 Å². The fourth-order valence-corrected chi connectivity index (χ4v) is 1.25. The molecule has 0 aromatic rings. The van der Waals surface area contributed by atoms with Gasteiger partial charge >= 0.3 is 6.09 Å². The molecular formula is C11H21NO3. The molecule has 0 radical (unpaired) electrons. The molecule has 1 saturated heterocycles. The first-order chi connectivity index (χ1) is 6.76. The van der Waals surface area contributed by atoms with E-state index in [4.69, 9.17) is 9.47 Å². The molecule has 0 saturated carbocycles. The molecular weight excluding hydrogens is 194 g/mol. The van der Waals surface area contributed by atoms with Gasteiger partial charge in [0, 0.05) is 6.54 Å². The molecule has 1 unspecified atom stereocenters. The third-order valence-corrected chi connectivity index (χ3v) is 2.20. The van der Waals surface area contributed by atoms with Crippen LogP contribution in [0.3, 0.4) is 0 Å². The van der Waals surface area contributed by atoms with Crippen LogP contribution in [0.25, 0.3) is 0 Å². The Labute approximate surface area is 91.5 Å². The molecule has 88 valence electrons. The fraction of sp³-hybridized carbons (Fsp3) is 0.909. The zero-order chi connectivity index (χ0) is 11.7. The van der Waals surface area contributed by atoms with E-state index in [0.29, 0.717) is 13.1 Å². The van der Waals surface area contributed by atoms with E-state index < -0.39 is 5.60 Å². The van der Waals surface area contributed by atoms with Gasteiger partial charge in [-0.2, -0.15) is 0 Å². The zero-order valence-corrected chi connectivity index (χ0v) is 10.3. The number of hydrogen-bond acceptors (Lipinski definition) is 3. The number of hydrogen-bond donors (Lipinski definition) is 0. The maximum absolute atomic E-state index is 11.7. The van der Waals surface area contributed by atoms with Crippen molar-refractivity contribution in [2.45, 2.75) is 45.8 Å². The highest BCUT2D eigenvalue weighted by atomic mass is 16.6. The lowest BCUT2D eigenvalue weighted by Crippen LogP contribution is -2.41. The molecule has 0 aromatic heterocycles. The average Bonchev–Trinajstić information content (AvgIpc) is 2.77. The molecule has 0 aliphatic carbocycles. The van der Waals surface area contributed by atoms with Crippen LogP contribution in [0.4, 0.5) is 4.79 Å². The molecule has 1 fully saturated rings. The maximum Gasteiger partial charge on any atom is 0.410 e. The van der Waals surface area contributed by atoms with Crippen LogP contribution in [-0.2, 0) is 9.47 Å². The van der Waals surface area contributed by atoms with Crippen LogP contribution in [0, 0.1) is 0 Å². The zero-order valence-electron chi connectivity index (χ0n) is 10.3. The first-order valence-corrected chi connectivity index (χ1v) is 5.38. The van der Waals surface area contributed by atoms with Crippen molar-refractivity contribution < 1.29 is 14.3 Å². The second kappa shape index (κ2) is 4.00. The molecule has 1 aliphatic rings. The van der Waals surface area contributed by atoms with Gasteiger partial charge in [-0.15, -0.1) is 0 Å². The van der Waals surface area contributed by atoms with Gasteiger partial charge in [-0.25, -0.2) is 4.79 Å². The Morgan fingerprint density at radius 2 is 2.07 bits per heavy atom. The molecule has 1 heterocycles. The number of carbonyl (C=O) groups excluding carboxylic acids is 1. The van der Waals surface area contributed by atoms with Gasteiger partial charge in [-0.05, 0) is 34.6 Å². The number of epoxide rings is 1. The number of likely N-dealkylation sites (N-methyl/N-ethyl adjacent to an activating group) is 1. The minimum Gasteiger partial charge on any atom is -0.444 e. The Balaban J connectivity index is 2.47. The number of carbonyl (C=O) groups is 1. The number of rotatable bonds is 3. The molecule has 0 N–H and O–H groups in total. The predicted molar refractivity (Wildman–Crippen MR) is 57.8 cm³/mol. The van der Waals surface area contributed by atoms with Crippen LogP contribution >= 0.6 is 0 Å². The summed E-state index contributed by atoms with van der Waals surface area (Å²) in [5.74, 6) is 0. The van der Waals surface area contributed by atoms with Gasteiger partial charge in [0.05, 0.1) is 13.2 Å². The van der Waals surface area contributed by atoms with E-state index in [1.165, 1.54) is 0 Å². The minimum atomic E-state index is -0.435. The Kier molecular flexibility index (Phi) is 3.28. The van der Waals surface area contributed by atoms with Gasteiger partial charge in [0.2, 0.25) is 0 Å². The highest BCUT2D eigenvalue weighted by molar-refractivity contribution is 5.68. The van der Waals surface area contributed by atoms with E-state index in [9.17, 15) is 4.79 Å². The summed E-state index contributed by atoms with van der Waals surface area (Å²) in [5, 5.41) is 0. The van der Waals surface area contributed by atoms with Crippen LogP contribution in [0.5, 0.6) is 0 Å². The Morgan fingerprint density at radius 3 is 2.40 bits per heavy atom. The first-order valence-electron chi connectivity index (χ1n) is 5.38.